The van der Waals surface area contributed by atoms with E-state index in [1.807, 2.05) is 12.1 Å². The molecule has 0 spiro atoms. The number of rotatable bonds is 8. The number of nitro benzene ring substituents is 1. The molecule has 0 aliphatic heterocycles. The van der Waals surface area contributed by atoms with E-state index >= 15 is 0 Å². The minimum Gasteiger partial charge on any atom is -0.464 e. The molecule has 1 amide bonds. The van der Waals surface area contributed by atoms with Crippen LogP contribution < -0.4 is 10.1 Å². The van der Waals surface area contributed by atoms with E-state index < -0.39 is 16.6 Å². The summed E-state index contributed by atoms with van der Waals surface area (Å²) in [6, 6.07) is 11.5. The standard InChI is InChI=1S/C20H15ClFN7O4/c21-14-3-1-13(2-4-14)10-28-11-23-20(26-28)24-19(30)16-7-8-27(25-16)12-33-18-9-15(22)5-6-17(18)29(31)32/h1-9,11H,10,12H2,(H,24,26,30). The van der Waals surface area contributed by atoms with E-state index in [0.717, 1.165) is 23.8 Å². The van der Waals surface area contributed by atoms with Crippen LogP contribution in [-0.2, 0) is 13.3 Å². The smallest absolute Gasteiger partial charge is 0.311 e. The first-order valence-electron chi connectivity index (χ1n) is 9.43. The second-order valence-electron chi connectivity index (χ2n) is 6.73. The summed E-state index contributed by atoms with van der Waals surface area (Å²) in [7, 11) is 0. The van der Waals surface area contributed by atoms with Crippen molar-refractivity contribution in [2.75, 3.05) is 5.32 Å². The molecular formula is C20H15ClFN7O4. The van der Waals surface area contributed by atoms with Gasteiger partial charge in [-0.25, -0.2) is 18.7 Å². The van der Waals surface area contributed by atoms with E-state index in [9.17, 15) is 19.3 Å². The quantitative estimate of drug-likeness (QED) is 0.307. The van der Waals surface area contributed by atoms with Gasteiger partial charge in [0.2, 0.25) is 11.7 Å². The number of nitrogens with one attached hydrogen (secondary N) is 1. The van der Waals surface area contributed by atoms with Gasteiger partial charge in [0.15, 0.2) is 12.4 Å². The number of amides is 1. The molecule has 2 aromatic heterocycles. The Hall–Kier alpha value is -4.32. The normalized spacial score (nSPS) is 10.7. The fourth-order valence-electron chi connectivity index (χ4n) is 2.82. The summed E-state index contributed by atoms with van der Waals surface area (Å²) in [6.45, 7) is 0.170. The average molecular weight is 472 g/mol. The van der Waals surface area contributed by atoms with Gasteiger partial charge in [-0.15, -0.1) is 5.10 Å². The van der Waals surface area contributed by atoms with E-state index in [4.69, 9.17) is 16.3 Å². The van der Waals surface area contributed by atoms with Crippen LogP contribution in [0.2, 0.25) is 5.02 Å². The highest BCUT2D eigenvalue weighted by Gasteiger charge is 2.17. The number of aromatic nitrogens is 5. The molecule has 33 heavy (non-hydrogen) atoms. The van der Waals surface area contributed by atoms with Crippen molar-refractivity contribution in [3.05, 3.63) is 93.3 Å². The fraction of sp³-hybridized carbons (Fsp3) is 0.100. The predicted octanol–water partition coefficient (Wildman–Crippen LogP) is 3.51. The van der Waals surface area contributed by atoms with E-state index in [2.05, 4.69) is 20.5 Å². The van der Waals surface area contributed by atoms with Crippen LogP contribution in [0.3, 0.4) is 0 Å². The van der Waals surface area contributed by atoms with Crippen molar-refractivity contribution in [2.45, 2.75) is 13.3 Å². The van der Waals surface area contributed by atoms with E-state index in [0.29, 0.717) is 11.6 Å². The largest absolute Gasteiger partial charge is 0.464 e. The summed E-state index contributed by atoms with van der Waals surface area (Å²) in [6.07, 6.45) is 2.91. The summed E-state index contributed by atoms with van der Waals surface area (Å²) in [4.78, 5) is 26.8. The molecule has 1 N–H and O–H groups in total. The van der Waals surface area contributed by atoms with Crippen LogP contribution in [-0.4, -0.2) is 35.4 Å². The lowest BCUT2D eigenvalue weighted by Gasteiger charge is -2.06. The maximum atomic E-state index is 13.4. The first-order valence-corrected chi connectivity index (χ1v) is 9.80. The van der Waals surface area contributed by atoms with E-state index in [-0.39, 0.29) is 29.8 Å². The summed E-state index contributed by atoms with van der Waals surface area (Å²) in [5.74, 6) is -1.40. The molecule has 0 saturated carbocycles. The molecule has 0 unspecified atom stereocenters. The summed E-state index contributed by atoms with van der Waals surface area (Å²) in [5.41, 5.74) is 0.614. The second kappa shape index (κ2) is 9.44. The van der Waals surface area contributed by atoms with Crippen molar-refractivity contribution in [3.63, 3.8) is 0 Å². The Morgan fingerprint density at radius 1 is 1.15 bits per heavy atom. The number of halogens is 2. The Bertz CT molecular complexity index is 1310. The molecule has 2 aromatic carbocycles. The molecule has 0 aliphatic carbocycles. The maximum Gasteiger partial charge on any atom is 0.311 e. The Labute approximate surface area is 190 Å². The van der Waals surface area contributed by atoms with Gasteiger partial charge in [-0.05, 0) is 29.8 Å². The van der Waals surface area contributed by atoms with Gasteiger partial charge >= 0.3 is 5.69 Å². The van der Waals surface area contributed by atoms with Crippen molar-refractivity contribution in [1.29, 1.82) is 0 Å². The van der Waals surface area contributed by atoms with Crippen molar-refractivity contribution in [1.82, 2.24) is 24.5 Å². The molecule has 13 heteroatoms. The van der Waals surface area contributed by atoms with Crippen LogP contribution in [0.4, 0.5) is 16.0 Å². The predicted molar refractivity (Wildman–Crippen MR) is 114 cm³/mol. The molecular weight excluding hydrogens is 457 g/mol. The number of nitro groups is 1. The lowest BCUT2D eigenvalue weighted by atomic mass is 10.2. The zero-order chi connectivity index (χ0) is 23.4. The topological polar surface area (TPSA) is 130 Å². The van der Waals surface area contributed by atoms with Crippen molar-refractivity contribution in [2.24, 2.45) is 0 Å². The molecule has 168 valence electrons. The minimum atomic E-state index is -0.685. The first-order chi connectivity index (χ1) is 15.9. The molecule has 0 radical (unpaired) electrons. The SMILES string of the molecule is O=C(Nc1ncn(Cc2ccc(Cl)cc2)n1)c1ccn(COc2cc(F)ccc2[N+](=O)[O-])n1. The van der Waals surface area contributed by atoms with Crippen LogP contribution >= 0.6 is 11.6 Å². The molecule has 0 bridgehead atoms. The third kappa shape index (κ3) is 5.49. The fourth-order valence-corrected chi connectivity index (χ4v) is 2.94. The second-order valence-corrected chi connectivity index (χ2v) is 7.17. The van der Waals surface area contributed by atoms with Gasteiger partial charge in [0.1, 0.15) is 12.1 Å². The molecule has 11 nitrogen and oxygen atoms in total. The lowest BCUT2D eigenvalue weighted by Crippen LogP contribution is -2.15. The number of carbonyl (C=O) groups is 1. The Morgan fingerprint density at radius 3 is 2.70 bits per heavy atom. The third-order valence-electron chi connectivity index (χ3n) is 4.36. The summed E-state index contributed by atoms with van der Waals surface area (Å²) in [5, 5.41) is 22.4. The zero-order valence-electron chi connectivity index (χ0n) is 16.8. The number of hydrogen-bond acceptors (Lipinski definition) is 7. The molecule has 0 atom stereocenters. The molecule has 0 fully saturated rings. The average Bonchev–Trinajstić information content (AvgIpc) is 3.43. The number of nitrogens with zero attached hydrogens (tertiary/aromatic N) is 6. The molecule has 4 aromatic rings. The van der Waals surface area contributed by atoms with Gasteiger partial charge in [-0.2, -0.15) is 5.10 Å². The highest BCUT2D eigenvalue weighted by atomic mass is 35.5. The van der Waals surface area contributed by atoms with Crippen LogP contribution in [0.5, 0.6) is 5.75 Å². The maximum absolute atomic E-state index is 13.4. The van der Waals surface area contributed by atoms with E-state index in [1.54, 1.807) is 16.8 Å². The van der Waals surface area contributed by atoms with Crippen LogP contribution in [0.25, 0.3) is 0 Å². The number of carbonyl (C=O) groups excluding carboxylic acids is 1. The Balaban J connectivity index is 1.36. The Kier molecular flexibility index (Phi) is 6.26. The number of hydrogen-bond donors (Lipinski definition) is 1. The molecule has 0 aliphatic rings. The van der Waals surface area contributed by atoms with Crippen molar-refractivity contribution < 1.29 is 18.8 Å². The highest BCUT2D eigenvalue weighted by molar-refractivity contribution is 6.30. The van der Waals surface area contributed by atoms with Crippen molar-refractivity contribution in [3.8, 4) is 5.75 Å². The van der Waals surface area contributed by atoms with Gasteiger partial charge in [0, 0.05) is 23.4 Å². The van der Waals surface area contributed by atoms with Crippen LogP contribution in [0, 0.1) is 15.9 Å². The molecule has 2 heterocycles. The van der Waals surface area contributed by atoms with Crippen LogP contribution in [0.15, 0.2) is 61.1 Å². The molecule has 0 saturated heterocycles. The lowest BCUT2D eigenvalue weighted by molar-refractivity contribution is -0.386. The van der Waals surface area contributed by atoms with Gasteiger partial charge < -0.3 is 4.74 Å². The summed E-state index contributed by atoms with van der Waals surface area (Å²) >= 11 is 5.87. The third-order valence-corrected chi connectivity index (χ3v) is 4.62. The zero-order valence-corrected chi connectivity index (χ0v) is 17.5. The first kappa shape index (κ1) is 21.9. The van der Waals surface area contributed by atoms with Gasteiger partial charge in [0.05, 0.1) is 11.5 Å². The van der Waals surface area contributed by atoms with Gasteiger partial charge in [0.25, 0.3) is 5.91 Å². The van der Waals surface area contributed by atoms with Crippen molar-refractivity contribution >= 4 is 29.1 Å². The highest BCUT2D eigenvalue weighted by Crippen LogP contribution is 2.27. The minimum absolute atomic E-state index is 0.0430. The van der Waals surface area contributed by atoms with Gasteiger partial charge in [-0.3, -0.25) is 20.2 Å². The monoisotopic (exact) mass is 471 g/mol. The molecule has 4 rings (SSSR count). The number of anilines is 1. The van der Waals surface area contributed by atoms with Gasteiger partial charge in [-0.1, -0.05) is 23.7 Å². The number of benzene rings is 2. The van der Waals surface area contributed by atoms with Crippen LogP contribution in [0.1, 0.15) is 16.1 Å². The van der Waals surface area contributed by atoms with E-state index in [1.165, 1.54) is 23.3 Å². The Morgan fingerprint density at radius 2 is 1.94 bits per heavy atom. The number of ether oxygens (including phenoxy) is 1. The summed E-state index contributed by atoms with van der Waals surface area (Å²) < 4.78 is 21.5.